The van der Waals surface area contributed by atoms with Gasteiger partial charge in [-0.2, -0.15) is 0 Å². The third-order valence-electron chi connectivity index (χ3n) is 4.05. The van der Waals surface area contributed by atoms with Crippen molar-refractivity contribution in [3.63, 3.8) is 0 Å². The van der Waals surface area contributed by atoms with Crippen LogP contribution < -0.4 is 5.73 Å². The number of likely N-dealkylation sites (tertiary alicyclic amines) is 1. The molecule has 1 aliphatic rings. The van der Waals surface area contributed by atoms with Crippen LogP contribution in [0.1, 0.15) is 40.0 Å². The normalized spacial score (nSPS) is 23.1. The van der Waals surface area contributed by atoms with Gasteiger partial charge in [0.05, 0.1) is 6.04 Å². The standard InChI is InChI=1S/C14H29N3O/c1-5-17(14(18)13(15)11(2)3)10-12-8-6-7-9-16(12)4/h11-13H,5-10,15H2,1-4H3. The first kappa shape index (κ1) is 15.4. The second kappa shape index (κ2) is 7.10. The van der Waals surface area contributed by atoms with E-state index in [1.54, 1.807) is 0 Å². The fourth-order valence-electron chi connectivity index (χ4n) is 2.50. The lowest BCUT2D eigenvalue weighted by atomic mass is 10.0. The number of carbonyl (C=O) groups is 1. The number of piperidine rings is 1. The summed E-state index contributed by atoms with van der Waals surface area (Å²) in [5, 5.41) is 0. The first-order chi connectivity index (χ1) is 8.47. The zero-order chi connectivity index (χ0) is 13.7. The van der Waals surface area contributed by atoms with E-state index in [4.69, 9.17) is 5.73 Å². The highest BCUT2D eigenvalue weighted by Crippen LogP contribution is 2.16. The van der Waals surface area contributed by atoms with Gasteiger partial charge in [0.15, 0.2) is 0 Å². The third kappa shape index (κ3) is 3.95. The monoisotopic (exact) mass is 255 g/mol. The zero-order valence-corrected chi connectivity index (χ0v) is 12.4. The van der Waals surface area contributed by atoms with Gasteiger partial charge < -0.3 is 15.5 Å². The Hall–Kier alpha value is -0.610. The topological polar surface area (TPSA) is 49.6 Å². The van der Waals surface area contributed by atoms with Crippen LogP contribution in [0.25, 0.3) is 0 Å². The molecule has 0 aromatic carbocycles. The fraction of sp³-hybridized carbons (Fsp3) is 0.929. The van der Waals surface area contributed by atoms with Gasteiger partial charge in [0.2, 0.25) is 5.91 Å². The van der Waals surface area contributed by atoms with Gasteiger partial charge in [0.1, 0.15) is 0 Å². The van der Waals surface area contributed by atoms with E-state index in [1.165, 1.54) is 19.3 Å². The maximum Gasteiger partial charge on any atom is 0.239 e. The molecule has 0 aromatic heterocycles. The Morgan fingerprint density at radius 3 is 2.61 bits per heavy atom. The van der Waals surface area contributed by atoms with Gasteiger partial charge in [-0.05, 0) is 39.3 Å². The quantitative estimate of drug-likeness (QED) is 0.805. The van der Waals surface area contributed by atoms with Crippen molar-refractivity contribution < 1.29 is 4.79 Å². The number of nitrogens with two attached hydrogens (primary N) is 1. The van der Waals surface area contributed by atoms with Gasteiger partial charge in [-0.25, -0.2) is 0 Å². The fourth-order valence-corrected chi connectivity index (χ4v) is 2.50. The summed E-state index contributed by atoms with van der Waals surface area (Å²) in [4.78, 5) is 16.6. The minimum absolute atomic E-state index is 0.103. The van der Waals surface area contributed by atoms with Gasteiger partial charge >= 0.3 is 0 Å². The smallest absolute Gasteiger partial charge is 0.239 e. The lowest BCUT2D eigenvalue weighted by Gasteiger charge is -2.37. The molecule has 1 heterocycles. The molecule has 2 atom stereocenters. The predicted molar refractivity (Wildman–Crippen MR) is 75.3 cm³/mol. The van der Waals surface area contributed by atoms with Crippen molar-refractivity contribution in [2.75, 3.05) is 26.7 Å². The van der Waals surface area contributed by atoms with E-state index in [0.29, 0.717) is 6.04 Å². The highest BCUT2D eigenvalue weighted by molar-refractivity contribution is 5.81. The summed E-state index contributed by atoms with van der Waals surface area (Å²) < 4.78 is 0. The molecule has 0 bridgehead atoms. The summed E-state index contributed by atoms with van der Waals surface area (Å²) in [5.74, 6) is 0.308. The molecule has 0 spiro atoms. The van der Waals surface area contributed by atoms with Crippen LogP contribution >= 0.6 is 0 Å². The number of carbonyl (C=O) groups excluding carboxylic acids is 1. The van der Waals surface area contributed by atoms with E-state index in [1.807, 2.05) is 25.7 Å². The minimum atomic E-state index is -0.362. The molecule has 1 aliphatic heterocycles. The Morgan fingerprint density at radius 1 is 1.44 bits per heavy atom. The molecule has 106 valence electrons. The average Bonchev–Trinajstić information content (AvgIpc) is 2.36. The first-order valence-electron chi connectivity index (χ1n) is 7.22. The van der Waals surface area contributed by atoms with Crippen LogP contribution in [0.4, 0.5) is 0 Å². The van der Waals surface area contributed by atoms with Gasteiger partial charge in [-0.1, -0.05) is 20.3 Å². The van der Waals surface area contributed by atoms with Gasteiger partial charge in [-0.3, -0.25) is 4.79 Å². The second-order valence-corrected chi connectivity index (χ2v) is 5.78. The largest absolute Gasteiger partial charge is 0.340 e. The molecule has 2 N–H and O–H groups in total. The van der Waals surface area contributed by atoms with Crippen molar-refractivity contribution in [3.8, 4) is 0 Å². The van der Waals surface area contributed by atoms with Crippen molar-refractivity contribution in [1.82, 2.24) is 9.80 Å². The van der Waals surface area contributed by atoms with E-state index in [-0.39, 0.29) is 17.9 Å². The Bertz CT molecular complexity index is 268. The predicted octanol–water partition coefficient (Wildman–Crippen LogP) is 1.30. The number of likely N-dealkylation sites (N-methyl/N-ethyl adjacent to an activating group) is 2. The molecule has 1 saturated heterocycles. The highest BCUT2D eigenvalue weighted by atomic mass is 16.2. The van der Waals surface area contributed by atoms with Gasteiger partial charge in [0.25, 0.3) is 0 Å². The number of rotatable bonds is 5. The molecule has 2 unspecified atom stereocenters. The molecule has 0 aliphatic carbocycles. The molecular weight excluding hydrogens is 226 g/mol. The maximum absolute atomic E-state index is 12.3. The third-order valence-corrected chi connectivity index (χ3v) is 4.05. The van der Waals surface area contributed by atoms with Crippen molar-refractivity contribution in [3.05, 3.63) is 0 Å². The molecule has 0 saturated carbocycles. The van der Waals surface area contributed by atoms with Crippen LogP contribution in [0.5, 0.6) is 0 Å². The van der Waals surface area contributed by atoms with Crippen molar-refractivity contribution in [2.45, 2.75) is 52.1 Å². The maximum atomic E-state index is 12.3. The molecule has 1 amide bonds. The summed E-state index contributed by atoms with van der Waals surface area (Å²) in [5.41, 5.74) is 5.97. The van der Waals surface area contributed by atoms with Gasteiger partial charge in [0, 0.05) is 19.1 Å². The molecule has 4 heteroatoms. The van der Waals surface area contributed by atoms with Crippen LogP contribution in [0, 0.1) is 5.92 Å². The van der Waals surface area contributed by atoms with E-state index in [9.17, 15) is 4.79 Å². The van der Waals surface area contributed by atoms with Crippen molar-refractivity contribution in [2.24, 2.45) is 11.7 Å². The van der Waals surface area contributed by atoms with Crippen LogP contribution in [-0.2, 0) is 4.79 Å². The molecule has 0 aromatic rings. The minimum Gasteiger partial charge on any atom is -0.340 e. The first-order valence-corrected chi connectivity index (χ1v) is 7.22. The molecule has 18 heavy (non-hydrogen) atoms. The lowest BCUT2D eigenvalue weighted by molar-refractivity contribution is -0.134. The number of hydrogen-bond donors (Lipinski definition) is 1. The number of hydrogen-bond acceptors (Lipinski definition) is 3. The molecule has 0 radical (unpaired) electrons. The highest BCUT2D eigenvalue weighted by Gasteiger charge is 2.27. The summed E-state index contributed by atoms with van der Waals surface area (Å²) in [7, 11) is 2.16. The summed E-state index contributed by atoms with van der Waals surface area (Å²) in [6, 6.07) is 0.140. The van der Waals surface area contributed by atoms with E-state index in [0.717, 1.165) is 19.6 Å². The lowest BCUT2D eigenvalue weighted by Crippen LogP contribution is -2.52. The Kier molecular flexibility index (Phi) is 6.09. The Balaban J connectivity index is 2.57. The van der Waals surface area contributed by atoms with E-state index >= 15 is 0 Å². The van der Waals surface area contributed by atoms with Crippen LogP contribution in [0.15, 0.2) is 0 Å². The average molecular weight is 255 g/mol. The number of nitrogens with zero attached hydrogens (tertiary/aromatic N) is 2. The van der Waals surface area contributed by atoms with E-state index in [2.05, 4.69) is 11.9 Å². The van der Waals surface area contributed by atoms with Gasteiger partial charge in [-0.15, -0.1) is 0 Å². The molecular formula is C14H29N3O. The van der Waals surface area contributed by atoms with Crippen LogP contribution in [-0.4, -0.2) is 54.5 Å². The molecule has 4 nitrogen and oxygen atoms in total. The molecule has 1 fully saturated rings. The number of amides is 1. The summed E-state index contributed by atoms with van der Waals surface area (Å²) in [6.07, 6.45) is 3.74. The summed E-state index contributed by atoms with van der Waals surface area (Å²) >= 11 is 0. The van der Waals surface area contributed by atoms with Crippen LogP contribution in [0.2, 0.25) is 0 Å². The van der Waals surface area contributed by atoms with Crippen molar-refractivity contribution in [1.29, 1.82) is 0 Å². The van der Waals surface area contributed by atoms with Crippen LogP contribution in [0.3, 0.4) is 0 Å². The summed E-state index contributed by atoms with van der Waals surface area (Å²) in [6.45, 7) is 8.77. The zero-order valence-electron chi connectivity index (χ0n) is 12.4. The molecule has 1 rings (SSSR count). The second-order valence-electron chi connectivity index (χ2n) is 5.78. The van der Waals surface area contributed by atoms with Crippen molar-refractivity contribution >= 4 is 5.91 Å². The Morgan fingerprint density at radius 2 is 2.11 bits per heavy atom. The Labute approximate surface area is 111 Å². The SMILES string of the molecule is CCN(CC1CCCCN1C)C(=O)C(N)C(C)C. The van der Waals surface area contributed by atoms with E-state index < -0.39 is 0 Å².